The van der Waals surface area contributed by atoms with Crippen LogP contribution in [0.15, 0.2) is 11.6 Å². The summed E-state index contributed by atoms with van der Waals surface area (Å²) in [6.07, 6.45) is 1.95. The third-order valence-corrected chi connectivity index (χ3v) is 10.3. The molecule has 0 amide bonds. The Morgan fingerprint density at radius 1 is 1.00 bits per heavy atom. The summed E-state index contributed by atoms with van der Waals surface area (Å²) in [4.78, 5) is 13.3. The van der Waals surface area contributed by atoms with Crippen LogP contribution in [0.2, 0.25) is 0 Å². The van der Waals surface area contributed by atoms with E-state index in [0.29, 0.717) is 37.7 Å². The molecule has 0 aliphatic heterocycles. The van der Waals surface area contributed by atoms with Crippen molar-refractivity contribution in [3.8, 4) is 0 Å². The van der Waals surface area contributed by atoms with Gasteiger partial charge in [-0.25, -0.2) is 0 Å². The normalized spacial score (nSPS) is 48.4. The molecule has 0 spiro atoms. The van der Waals surface area contributed by atoms with Crippen LogP contribution in [0.4, 0.5) is 0 Å². The number of carbonyl (C=O) groups excluding carboxylic acids is 1. The Kier molecular flexibility index (Phi) is 6.24. The molecular formula is C27H44O7. The van der Waals surface area contributed by atoms with Gasteiger partial charge in [0, 0.05) is 17.3 Å². The number of carbonyl (C=O) groups is 1. The van der Waals surface area contributed by atoms with Crippen molar-refractivity contribution in [2.45, 2.75) is 121 Å². The SMILES string of the molecule is CC(C)(O)CCCC(C)(O)C1CCC2(O)C3=CC(=O)C4CC(O)C(O)CC4(C)C3C(O)CC12C. The zero-order valence-electron chi connectivity index (χ0n) is 21.3. The predicted octanol–water partition coefficient (Wildman–Crippen LogP) is 1.85. The molecule has 34 heavy (non-hydrogen) atoms. The van der Waals surface area contributed by atoms with Gasteiger partial charge < -0.3 is 30.6 Å². The van der Waals surface area contributed by atoms with Crippen LogP contribution in [0, 0.1) is 28.6 Å². The molecule has 7 nitrogen and oxygen atoms in total. The summed E-state index contributed by atoms with van der Waals surface area (Å²) in [7, 11) is 0. The zero-order chi connectivity index (χ0) is 25.5. The van der Waals surface area contributed by atoms with Crippen molar-refractivity contribution in [3.05, 3.63) is 11.6 Å². The fourth-order valence-electron chi connectivity index (χ4n) is 8.54. The molecule has 3 saturated carbocycles. The van der Waals surface area contributed by atoms with E-state index in [1.807, 2.05) is 13.8 Å². The van der Waals surface area contributed by atoms with Crippen LogP contribution in [0.5, 0.6) is 0 Å². The molecule has 10 atom stereocenters. The van der Waals surface area contributed by atoms with Crippen LogP contribution >= 0.6 is 0 Å². The number of hydrogen-bond donors (Lipinski definition) is 6. The third kappa shape index (κ3) is 3.82. The summed E-state index contributed by atoms with van der Waals surface area (Å²) in [5, 5.41) is 66.0. The molecule has 4 aliphatic rings. The average Bonchev–Trinajstić information content (AvgIpc) is 2.94. The van der Waals surface area contributed by atoms with E-state index in [9.17, 15) is 35.4 Å². The minimum absolute atomic E-state index is 0.151. The summed E-state index contributed by atoms with van der Waals surface area (Å²) in [5.41, 5.74) is -4.31. The first kappa shape index (κ1) is 26.2. The van der Waals surface area contributed by atoms with E-state index in [1.165, 1.54) is 6.08 Å². The quantitative estimate of drug-likeness (QED) is 0.353. The molecule has 0 heterocycles. The molecule has 4 rings (SSSR count). The van der Waals surface area contributed by atoms with Crippen molar-refractivity contribution < 1.29 is 35.4 Å². The van der Waals surface area contributed by atoms with Gasteiger partial charge in [-0.2, -0.15) is 0 Å². The van der Waals surface area contributed by atoms with Gasteiger partial charge in [-0.1, -0.05) is 13.8 Å². The van der Waals surface area contributed by atoms with E-state index in [2.05, 4.69) is 0 Å². The van der Waals surface area contributed by atoms with Crippen LogP contribution in [0.3, 0.4) is 0 Å². The van der Waals surface area contributed by atoms with Gasteiger partial charge in [0.2, 0.25) is 0 Å². The first-order valence-corrected chi connectivity index (χ1v) is 12.9. The summed E-state index contributed by atoms with van der Waals surface area (Å²) < 4.78 is 0. The number of fused-ring (bicyclic) bond motifs is 5. The number of ketones is 1. The van der Waals surface area contributed by atoms with Crippen molar-refractivity contribution in [3.63, 3.8) is 0 Å². The molecule has 7 heteroatoms. The maximum absolute atomic E-state index is 13.3. The second kappa shape index (κ2) is 8.09. The number of aliphatic hydroxyl groups is 6. The molecule has 0 aromatic carbocycles. The van der Waals surface area contributed by atoms with E-state index in [4.69, 9.17) is 0 Å². The molecule has 10 unspecified atom stereocenters. The lowest BCUT2D eigenvalue weighted by atomic mass is 9.45. The molecule has 4 aliphatic carbocycles. The Hall–Kier alpha value is -0.830. The summed E-state index contributed by atoms with van der Waals surface area (Å²) in [5.74, 6) is -1.45. The van der Waals surface area contributed by atoms with Crippen LogP contribution in [-0.4, -0.2) is 71.5 Å². The standard InChI is InChI=1S/C27H44O7/c1-23(2,32)8-6-9-26(5,33)21-7-10-27(34)16-12-17(28)15-11-18(29)19(30)13-24(15,3)22(16)20(31)14-25(21,27)4/h12,15,18-22,29-34H,6-11,13-14H2,1-5H3. The lowest BCUT2D eigenvalue weighted by molar-refractivity contribution is -0.184. The van der Waals surface area contributed by atoms with Gasteiger partial charge in [0.05, 0.1) is 35.1 Å². The summed E-state index contributed by atoms with van der Waals surface area (Å²) >= 11 is 0. The smallest absolute Gasteiger partial charge is 0.159 e. The Morgan fingerprint density at radius 3 is 2.26 bits per heavy atom. The van der Waals surface area contributed by atoms with Gasteiger partial charge in [0.25, 0.3) is 0 Å². The molecule has 0 aromatic heterocycles. The van der Waals surface area contributed by atoms with E-state index < -0.39 is 57.8 Å². The second-order valence-electron chi connectivity index (χ2n) is 13.3. The highest BCUT2D eigenvalue weighted by Crippen LogP contribution is 2.68. The van der Waals surface area contributed by atoms with E-state index in [-0.39, 0.29) is 31.0 Å². The Morgan fingerprint density at radius 2 is 1.65 bits per heavy atom. The number of hydrogen-bond acceptors (Lipinski definition) is 7. The van der Waals surface area contributed by atoms with Crippen molar-refractivity contribution in [2.24, 2.45) is 28.6 Å². The Labute approximate surface area is 202 Å². The van der Waals surface area contributed by atoms with Crippen LogP contribution < -0.4 is 0 Å². The lowest BCUT2D eigenvalue weighted by Gasteiger charge is -2.62. The van der Waals surface area contributed by atoms with Gasteiger partial charge >= 0.3 is 0 Å². The predicted molar refractivity (Wildman–Crippen MR) is 127 cm³/mol. The minimum atomic E-state index is -1.34. The Bertz CT molecular complexity index is 860. The lowest BCUT2D eigenvalue weighted by Crippen LogP contribution is -2.65. The van der Waals surface area contributed by atoms with Crippen LogP contribution in [0.1, 0.15) is 86.0 Å². The summed E-state index contributed by atoms with van der Waals surface area (Å²) in [6.45, 7) is 9.10. The fourth-order valence-corrected chi connectivity index (χ4v) is 8.54. The molecule has 194 valence electrons. The van der Waals surface area contributed by atoms with Gasteiger partial charge in [-0.15, -0.1) is 0 Å². The van der Waals surface area contributed by atoms with Crippen LogP contribution in [-0.2, 0) is 4.79 Å². The second-order valence-corrected chi connectivity index (χ2v) is 13.3. The van der Waals surface area contributed by atoms with Crippen LogP contribution in [0.25, 0.3) is 0 Å². The highest BCUT2D eigenvalue weighted by molar-refractivity contribution is 5.95. The van der Waals surface area contributed by atoms with E-state index >= 15 is 0 Å². The van der Waals surface area contributed by atoms with Gasteiger partial charge in [0.1, 0.15) is 0 Å². The topological polar surface area (TPSA) is 138 Å². The van der Waals surface area contributed by atoms with Crippen molar-refractivity contribution in [1.82, 2.24) is 0 Å². The molecule has 0 aromatic rings. The number of allylic oxidation sites excluding steroid dienone is 1. The van der Waals surface area contributed by atoms with Crippen molar-refractivity contribution in [2.75, 3.05) is 0 Å². The molecule has 6 N–H and O–H groups in total. The average molecular weight is 481 g/mol. The molecule has 0 bridgehead atoms. The third-order valence-electron chi connectivity index (χ3n) is 10.3. The largest absolute Gasteiger partial charge is 0.392 e. The number of aliphatic hydroxyl groups excluding tert-OH is 3. The molecule has 0 saturated heterocycles. The highest BCUT2D eigenvalue weighted by atomic mass is 16.3. The monoisotopic (exact) mass is 480 g/mol. The van der Waals surface area contributed by atoms with E-state index in [0.717, 1.165) is 0 Å². The summed E-state index contributed by atoms with van der Waals surface area (Å²) in [6, 6.07) is 0. The van der Waals surface area contributed by atoms with Gasteiger partial charge in [0.15, 0.2) is 5.78 Å². The molecule has 0 radical (unpaired) electrons. The zero-order valence-corrected chi connectivity index (χ0v) is 21.3. The van der Waals surface area contributed by atoms with Crippen molar-refractivity contribution in [1.29, 1.82) is 0 Å². The maximum Gasteiger partial charge on any atom is 0.159 e. The minimum Gasteiger partial charge on any atom is -0.392 e. The Balaban J connectivity index is 1.69. The molecule has 3 fully saturated rings. The highest BCUT2D eigenvalue weighted by Gasteiger charge is 2.70. The maximum atomic E-state index is 13.3. The fraction of sp³-hybridized carbons (Fsp3) is 0.889. The first-order chi connectivity index (χ1) is 15.5. The van der Waals surface area contributed by atoms with E-state index in [1.54, 1.807) is 20.8 Å². The van der Waals surface area contributed by atoms with Gasteiger partial charge in [-0.3, -0.25) is 4.79 Å². The first-order valence-electron chi connectivity index (χ1n) is 12.9. The van der Waals surface area contributed by atoms with Crippen molar-refractivity contribution >= 4 is 5.78 Å². The van der Waals surface area contributed by atoms with Gasteiger partial charge in [-0.05, 0) is 95.1 Å². The molecular weight excluding hydrogens is 436 g/mol. The number of rotatable bonds is 5.